The number of aromatic nitrogens is 2. The molecule has 0 aliphatic carbocycles. The first-order valence-corrected chi connectivity index (χ1v) is 5.91. The fraction of sp³-hybridized carbons (Fsp3) is 0.308. The van der Waals surface area contributed by atoms with Crippen LogP contribution in [0.1, 0.15) is 19.0 Å². The molecule has 0 aliphatic rings. The van der Waals surface area contributed by atoms with Gasteiger partial charge in [-0.05, 0) is 18.6 Å². The molecular weight excluding hydrogens is 230 g/mol. The standard InChI is InChI=1S/C13H17N3O2/c1-3-6-9-12(14)13(17)16(15-9)10-7-4-5-8-11(10)18-2/h4-5,7-8,15H,3,6,14H2,1-2H3. The number of rotatable bonds is 4. The van der Waals surface area contributed by atoms with E-state index in [4.69, 9.17) is 10.5 Å². The minimum absolute atomic E-state index is 0.233. The summed E-state index contributed by atoms with van der Waals surface area (Å²) in [6.45, 7) is 2.04. The highest BCUT2D eigenvalue weighted by molar-refractivity contribution is 5.50. The van der Waals surface area contributed by atoms with Gasteiger partial charge in [-0.25, -0.2) is 4.68 Å². The summed E-state index contributed by atoms with van der Waals surface area (Å²) in [6.07, 6.45) is 1.68. The molecule has 2 aromatic rings. The van der Waals surface area contributed by atoms with Crippen molar-refractivity contribution in [3.63, 3.8) is 0 Å². The third-order valence-electron chi connectivity index (χ3n) is 2.83. The number of aryl methyl sites for hydroxylation is 1. The molecule has 0 bridgehead atoms. The Balaban J connectivity index is 2.57. The summed E-state index contributed by atoms with van der Waals surface area (Å²) in [4.78, 5) is 12.1. The van der Waals surface area contributed by atoms with Crippen LogP contribution in [0.15, 0.2) is 29.1 Å². The van der Waals surface area contributed by atoms with E-state index >= 15 is 0 Å². The van der Waals surface area contributed by atoms with Crippen molar-refractivity contribution in [3.05, 3.63) is 40.3 Å². The second kappa shape index (κ2) is 5.00. The maximum absolute atomic E-state index is 12.1. The summed E-state index contributed by atoms with van der Waals surface area (Å²) in [5.41, 5.74) is 7.30. The minimum Gasteiger partial charge on any atom is -0.494 e. The van der Waals surface area contributed by atoms with Crippen LogP contribution in [0.2, 0.25) is 0 Å². The fourth-order valence-corrected chi connectivity index (χ4v) is 1.92. The molecule has 18 heavy (non-hydrogen) atoms. The van der Waals surface area contributed by atoms with Crippen LogP contribution in [0.4, 0.5) is 5.69 Å². The molecule has 1 heterocycles. The van der Waals surface area contributed by atoms with Crippen molar-refractivity contribution in [1.29, 1.82) is 0 Å². The summed E-state index contributed by atoms with van der Waals surface area (Å²) in [5, 5.41) is 3.04. The molecule has 5 heteroatoms. The third-order valence-corrected chi connectivity index (χ3v) is 2.83. The Hall–Kier alpha value is -2.17. The lowest BCUT2D eigenvalue weighted by Gasteiger charge is -2.07. The molecule has 0 spiro atoms. The van der Waals surface area contributed by atoms with Crippen LogP contribution in [0.3, 0.4) is 0 Å². The average Bonchev–Trinajstić information content (AvgIpc) is 2.67. The fourth-order valence-electron chi connectivity index (χ4n) is 1.92. The maximum Gasteiger partial charge on any atom is 0.294 e. The van der Waals surface area contributed by atoms with Crippen molar-refractivity contribution in [2.24, 2.45) is 0 Å². The predicted molar refractivity (Wildman–Crippen MR) is 71.3 cm³/mol. The molecule has 0 saturated carbocycles. The number of ether oxygens (including phenoxy) is 1. The Bertz CT molecular complexity index is 599. The molecule has 0 unspecified atom stereocenters. The first-order chi connectivity index (χ1) is 8.69. The van der Waals surface area contributed by atoms with Gasteiger partial charge in [0.15, 0.2) is 0 Å². The molecule has 0 radical (unpaired) electrons. The van der Waals surface area contributed by atoms with Crippen molar-refractivity contribution in [1.82, 2.24) is 9.78 Å². The Morgan fingerprint density at radius 3 is 2.78 bits per heavy atom. The summed E-state index contributed by atoms with van der Waals surface area (Å²) >= 11 is 0. The van der Waals surface area contributed by atoms with E-state index in [0.717, 1.165) is 18.5 Å². The van der Waals surface area contributed by atoms with Gasteiger partial charge in [0, 0.05) is 0 Å². The summed E-state index contributed by atoms with van der Waals surface area (Å²) < 4.78 is 6.67. The molecule has 0 atom stereocenters. The molecule has 1 aromatic heterocycles. The van der Waals surface area contributed by atoms with Gasteiger partial charge in [0.05, 0.1) is 12.8 Å². The Morgan fingerprint density at radius 1 is 1.39 bits per heavy atom. The molecule has 1 aromatic carbocycles. The van der Waals surface area contributed by atoms with Crippen molar-refractivity contribution in [3.8, 4) is 11.4 Å². The van der Waals surface area contributed by atoms with E-state index in [2.05, 4.69) is 5.10 Å². The topological polar surface area (TPSA) is 73.0 Å². The van der Waals surface area contributed by atoms with Crippen LogP contribution < -0.4 is 16.0 Å². The molecular formula is C13H17N3O2. The smallest absolute Gasteiger partial charge is 0.294 e. The van der Waals surface area contributed by atoms with E-state index in [1.807, 2.05) is 25.1 Å². The molecule has 0 aliphatic heterocycles. The highest BCUT2D eigenvalue weighted by Crippen LogP contribution is 2.21. The van der Waals surface area contributed by atoms with E-state index in [9.17, 15) is 4.79 Å². The second-order valence-corrected chi connectivity index (χ2v) is 4.07. The first kappa shape index (κ1) is 12.3. The normalized spacial score (nSPS) is 10.6. The number of H-pyrrole nitrogens is 1. The number of methoxy groups -OCH3 is 1. The molecule has 3 N–H and O–H groups in total. The molecule has 96 valence electrons. The lowest BCUT2D eigenvalue weighted by molar-refractivity contribution is 0.411. The Labute approximate surface area is 105 Å². The van der Waals surface area contributed by atoms with Gasteiger partial charge in [0.2, 0.25) is 0 Å². The van der Waals surface area contributed by atoms with Crippen molar-refractivity contribution < 1.29 is 4.74 Å². The number of aromatic amines is 1. The Morgan fingerprint density at radius 2 is 2.11 bits per heavy atom. The van der Waals surface area contributed by atoms with Crippen LogP contribution >= 0.6 is 0 Å². The van der Waals surface area contributed by atoms with Crippen LogP contribution in [-0.2, 0) is 6.42 Å². The molecule has 0 amide bonds. The number of nitrogens with one attached hydrogen (secondary N) is 1. The maximum atomic E-state index is 12.1. The SMILES string of the molecule is CCCc1[nH]n(-c2ccccc2OC)c(=O)c1N. The number of nitrogens with zero attached hydrogens (tertiary/aromatic N) is 1. The van der Waals surface area contributed by atoms with E-state index < -0.39 is 0 Å². The molecule has 5 nitrogen and oxygen atoms in total. The van der Waals surface area contributed by atoms with Crippen molar-refractivity contribution in [2.45, 2.75) is 19.8 Å². The quantitative estimate of drug-likeness (QED) is 0.863. The molecule has 0 saturated heterocycles. The number of nitrogens with two attached hydrogens (primary N) is 1. The van der Waals surface area contributed by atoms with Crippen LogP contribution in [-0.4, -0.2) is 16.9 Å². The Kier molecular flexibility index (Phi) is 3.41. The largest absolute Gasteiger partial charge is 0.494 e. The van der Waals surface area contributed by atoms with Gasteiger partial charge in [-0.1, -0.05) is 25.5 Å². The summed E-state index contributed by atoms with van der Waals surface area (Å²) in [6, 6.07) is 7.32. The van der Waals surface area contributed by atoms with Crippen LogP contribution in [0, 0.1) is 0 Å². The number of para-hydroxylation sites is 2. The van der Waals surface area contributed by atoms with Gasteiger partial charge in [-0.2, -0.15) is 0 Å². The number of hydrogen-bond acceptors (Lipinski definition) is 3. The van der Waals surface area contributed by atoms with Gasteiger partial charge < -0.3 is 10.5 Å². The lowest BCUT2D eigenvalue weighted by Crippen LogP contribution is -2.17. The highest BCUT2D eigenvalue weighted by Gasteiger charge is 2.14. The minimum atomic E-state index is -0.233. The van der Waals surface area contributed by atoms with E-state index in [-0.39, 0.29) is 11.2 Å². The number of anilines is 1. The number of nitrogen functional groups attached to an aromatic ring is 1. The van der Waals surface area contributed by atoms with Crippen molar-refractivity contribution in [2.75, 3.05) is 12.8 Å². The number of hydrogen-bond donors (Lipinski definition) is 2. The number of benzene rings is 1. The van der Waals surface area contributed by atoms with Gasteiger partial charge >= 0.3 is 0 Å². The second-order valence-electron chi connectivity index (χ2n) is 4.07. The average molecular weight is 247 g/mol. The van der Waals surface area contributed by atoms with E-state index in [1.54, 1.807) is 13.2 Å². The van der Waals surface area contributed by atoms with Gasteiger partial charge in [-0.15, -0.1) is 0 Å². The molecule has 0 fully saturated rings. The molecule has 2 rings (SSSR count). The van der Waals surface area contributed by atoms with Crippen molar-refractivity contribution >= 4 is 5.69 Å². The third kappa shape index (κ3) is 1.99. The first-order valence-electron chi connectivity index (χ1n) is 5.91. The highest BCUT2D eigenvalue weighted by atomic mass is 16.5. The van der Waals surface area contributed by atoms with Gasteiger partial charge in [-0.3, -0.25) is 9.89 Å². The zero-order chi connectivity index (χ0) is 13.1. The van der Waals surface area contributed by atoms with Crippen LogP contribution in [0.25, 0.3) is 5.69 Å². The van der Waals surface area contributed by atoms with E-state index in [1.165, 1.54) is 4.68 Å². The van der Waals surface area contributed by atoms with Gasteiger partial charge in [0.1, 0.15) is 17.1 Å². The predicted octanol–water partition coefficient (Wildman–Crippen LogP) is 1.71. The monoisotopic (exact) mass is 247 g/mol. The lowest BCUT2D eigenvalue weighted by atomic mass is 10.2. The summed E-state index contributed by atoms with van der Waals surface area (Å²) in [7, 11) is 1.57. The summed E-state index contributed by atoms with van der Waals surface area (Å²) in [5.74, 6) is 0.629. The van der Waals surface area contributed by atoms with Gasteiger partial charge in [0.25, 0.3) is 5.56 Å². The zero-order valence-corrected chi connectivity index (χ0v) is 10.6. The van der Waals surface area contributed by atoms with E-state index in [0.29, 0.717) is 11.4 Å². The van der Waals surface area contributed by atoms with Crippen LogP contribution in [0.5, 0.6) is 5.75 Å². The zero-order valence-electron chi connectivity index (χ0n) is 10.6.